The molecule has 14 heavy (non-hydrogen) atoms. The SMILES string of the molecule is O=S1(=O)CCC(NCc2cccs2)C1. The van der Waals surface area contributed by atoms with E-state index in [9.17, 15) is 8.42 Å². The first-order chi connectivity index (χ1) is 6.66. The van der Waals surface area contributed by atoms with Gasteiger partial charge in [0, 0.05) is 17.5 Å². The standard InChI is InChI=1S/C9H13NO2S2/c11-14(12)5-3-8(7-14)10-6-9-2-1-4-13-9/h1-2,4,8,10H,3,5-7H2. The van der Waals surface area contributed by atoms with E-state index in [-0.39, 0.29) is 6.04 Å². The Balaban J connectivity index is 1.83. The molecule has 1 N–H and O–H groups in total. The quantitative estimate of drug-likeness (QED) is 0.845. The minimum absolute atomic E-state index is 0.155. The van der Waals surface area contributed by atoms with Gasteiger partial charge in [0.25, 0.3) is 0 Å². The van der Waals surface area contributed by atoms with Crippen molar-refractivity contribution in [1.82, 2.24) is 5.32 Å². The molecule has 78 valence electrons. The Morgan fingerprint density at radius 3 is 3.00 bits per heavy atom. The summed E-state index contributed by atoms with van der Waals surface area (Å²) in [5.41, 5.74) is 0. The van der Waals surface area contributed by atoms with Gasteiger partial charge in [-0.25, -0.2) is 8.42 Å². The van der Waals surface area contributed by atoms with E-state index in [4.69, 9.17) is 0 Å². The fourth-order valence-corrected chi connectivity index (χ4v) is 3.98. The minimum Gasteiger partial charge on any atom is -0.308 e. The largest absolute Gasteiger partial charge is 0.308 e. The van der Waals surface area contributed by atoms with Crippen LogP contribution in [-0.2, 0) is 16.4 Å². The number of hydrogen-bond donors (Lipinski definition) is 1. The minimum atomic E-state index is -2.75. The van der Waals surface area contributed by atoms with Crippen molar-refractivity contribution in [2.75, 3.05) is 11.5 Å². The van der Waals surface area contributed by atoms with Gasteiger partial charge in [0.05, 0.1) is 11.5 Å². The molecule has 1 unspecified atom stereocenters. The van der Waals surface area contributed by atoms with Crippen LogP contribution in [0.3, 0.4) is 0 Å². The molecule has 0 spiro atoms. The number of thiophene rings is 1. The molecule has 3 nitrogen and oxygen atoms in total. The predicted octanol–water partition coefficient (Wildman–Crippen LogP) is 1.02. The summed E-state index contributed by atoms with van der Waals surface area (Å²) in [5, 5.41) is 5.30. The number of hydrogen-bond acceptors (Lipinski definition) is 4. The highest BCUT2D eigenvalue weighted by Crippen LogP contribution is 2.13. The van der Waals surface area contributed by atoms with E-state index >= 15 is 0 Å². The van der Waals surface area contributed by atoms with Crippen LogP contribution in [0.5, 0.6) is 0 Å². The van der Waals surface area contributed by atoms with Crippen molar-refractivity contribution in [2.24, 2.45) is 0 Å². The van der Waals surface area contributed by atoms with Gasteiger partial charge in [-0.2, -0.15) is 0 Å². The van der Waals surface area contributed by atoms with Gasteiger partial charge >= 0.3 is 0 Å². The summed E-state index contributed by atoms with van der Waals surface area (Å²) in [6, 6.07) is 4.22. The topological polar surface area (TPSA) is 46.2 Å². The van der Waals surface area contributed by atoms with Crippen molar-refractivity contribution >= 4 is 21.2 Å². The summed E-state index contributed by atoms with van der Waals surface area (Å²) in [5.74, 6) is 0.646. The van der Waals surface area contributed by atoms with Gasteiger partial charge in [-0.1, -0.05) is 6.07 Å². The van der Waals surface area contributed by atoms with Crippen LogP contribution < -0.4 is 5.32 Å². The molecule has 0 saturated carbocycles. The van der Waals surface area contributed by atoms with Crippen LogP contribution in [0.25, 0.3) is 0 Å². The second-order valence-electron chi connectivity index (χ2n) is 3.56. The average molecular weight is 231 g/mol. The fourth-order valence-electron chi connectivity index (χ4n) is 1.61. The Morgan fingerprint density at radius 2 is 2.43 bits per heavy atom. The number of rotatable bonds is 3. The summed E-state index contributed by atoms with van der Waals surface area (Å²) >= 11 is 1.69. The Morgan fingerprint density at radius 1 is 1.57 bits per heavy atom. The normalized spacial score (nSPS) is 25.3. The van der Waals surface area contributed by atoms with E-state index in [1.165, 1.54) is 4.88 Å². The lowest BCUT2D eigenvalue weighted by Gasteiger charge is -2.08. The summed E-state index contributed by atoms with van der Waals surface area (Å²) in [6.07, 6.45) is 0.758. The summed E-state index contributed by atoms with van der Waals surface area (Å²) in [6.45, 7) is 0.790. The fraction of sp³-hybridized carbons (Fsp3) is 0.556. The smallest absolute Gasteiger partial charge is 0.151 e. The molecular weight excluding hydrogens is 218 g/mol. The highest BCUT2D eigenvalue weighted by molar-refractivity contribution is 7.91. The van der Waals surface area contributed by atoms with Gasteiger partial charge < -0.3 is 5.32 Å². The molecule has 0 aromatic carbocycles. The third-order valence-corrected chi connectivity index (χ3v) is 5.02. The molecule has 1 fully saturated rings. The van der Waals surface area contributed by atoms with E-state index in [1.807, 2.05) is 11.4 Å². The lowest BCUT2D eigenvalue weighted by Crippen LogP contribution is -2.29. The maximum absolute atomic E-state index is 11.2. The Labute approximate surface area is 88.1 Å². The van der Waals surface area contributed by atoms with Gasteiger partial charge in [0.1, 0.15) is 0 Å². The first-order valence-corrected chi connectivity index (χ1v) is 7.32. The molecule has 1 saturated heterocycles. The van der Waals surface area contributed by atoms with Crippen LogP contribution in [0.1, 0.15) is 11.3 Å². The first-order valence-electron chi connectivity index (χ1n) is 4.62. The molecule has 0 amide bonds. The van der Waals surface area contributed by atoms with Crippen LogP contribution in [0.4, 0.5) is 0 Å². The summed E-state index contributed by atoms with van der Waals surface area (Å²) in [4.78, 5) is 1.26. The monoisotopic (exact) mass is 231 g/mol. The molecule has 2 heterocycles. The molecule has 1 aromatic rings. The lowest BCUT2D eigenvalue weighted by atomic mass is 10.2. The predicted molar refractivity (Wildman–Crippen MR) is 58.2 cm³/mol. The number of nitrogens with one attached hydrogen (secondary N) is 1. The first kappa shape index (κ1) is 10.1. The average Bonchev–Trinajstić information content (AvgIpc) is 2.70. The zero-order valence-electron chi connectivity index (χ0n) is 7.77. The van der Waals surface area contributed by atoms with Crippen LogP contribution in [0.2, 0.25) is 0 Å². The molecule has 0 bridgehead atoms. The van der Waals surface area contributed by atoms with Gasteiger partial charge in [-0.15, -0.1) is 11.3 Å². The molecular formula is C9H13NO2S2. The van der Waals surface area contributed by atoms with Gasteiger partial charge in [0.15, 0.2) is 9.84 Å². The van der Waals surface area contributed by atoms with E-state index in [1.54, 1.807) is 11.3 Å². The van der Waals surface area contributed by atoms with Gasteiger partial charge in [0.2, 0.25) is 0 Å². The van der Waals surface area contributed by atoms with Crippen LogP contribution in [0, 0.1) is 0 Å². The molecule has 0 aliphatic carbocycles. The van der Waals surface area contributed by atoms with Crippen LogP contribution in [-0.4, -0.2) is 26.0 Å². The summed E-state index contributed by atoms with van der Waals surface area (Å²) in [7, 11) is -2.75. The van der Waals surface area contributed by atoms with E-state index < -0.39 is 9.84 Å². The molecule has 1 aromatic heterocycles. The Kier molecular flexibility index (Phi) is 2.90. The summed E-state index contributed by atoms with van der Waals surface area (Å²) < 4.78 is 22.3. The zero-order valence-corrected chi connectivity index (χ0v) is 9.40. The third-order valence-electron chi connectivity index (χ3n) is 2.38. The van der Waals surface area contributed by atoms with E-state index in [2.05, 4.69) is 11.4 Å². The van der Waals surface area contributed by atoms with Crippen LogP contribution in [0.15, 0.2) is 17.5 Å². The highest BCUT2D eigenvalue weighted by atomic mass is 32.2. The van der Waals surface area contributed by atoms with Crippen molar-refractivity contribution in [3.63, 3.8) is 0 Å². The van der Waals surface area contributed by atoms with Gasteiger partial charge in [-0.3, -0.25) is 0 Å². The highest BCUT2D eigenvalue weighted by Gasteiger charge is 2.27. The van der Waals surface area contributed by atoms with E-state index in [0.29, 0.717) is 11.5 Å². The van der Waals surface area contributed by atoms with Crippen molar-refractivity contribution in [3.8, 4) is 0 Å². The Hall–Kier alpha value is -0.390. The lowest BCUT2D eigenvalue weighted by molar-refractivity contribution is 0.557. The van der Waals surface area contributed by atoms with E-state index in [0.717, 1.165) is 13.0 Å². The van der Waals surface area contributed by atoms with Crippen molar-refractivity contribution in [3.05, 3.63) is 22.4 Å². The number of sulfone groups is 1. The molecule has 0 radical (unpaired) electrons. The molecule has 1 aliphatic rings. The zero-order chi connectivity index (χ0) is 10.0. The second kappa shape index (κ2) is 4.00. The molecule has 1 aliphatic heterocycles. The third kappa shape index (κ3) is 2.56. The van der Waals surface area contributed by atoms with Crippen molar-refractivity contribution in [2.45, 2.75) is 19.0 Å². The maximum Gasteiger partial charge on any atom is 0.151 e. The maximum atomic E-state index is 11.2. The van der Waals surface area contributed by atoms with Gasteiger partial charge in [-0.05, 0) is 17.9 Å². The van der Waals surface area contributed by atoms with Crippen LogP contribution >= 0.6 is 11.3 Å². The Bertz CT molecular complexity index is 383. The second-order valence-corrected chi connectivity index (χ2v) is 6.82. The van der Waals surface area contributed by atoms with Crippen molar-refractivity contribution in [1.29, 1.82) is 0 Å². The van der Waals surface area contributed by atoms with Crippen molar-refractivity contribution < 1.29 is 8.42 Å². The molecule has 1 atom stereocenters. The molecule has 5 heteroatoms. The molecule has 2 rings (SSSR count).